The standard InChI is InChI=1S/C22H26N2O/c1-16(2)17-10-12-18(13-11-17)24-21(25)19-8-4-5-9-20(19)23-15-7-6-14-22(23,24)3/h4-5,8-13,16H,6-7,14-15H2,1-3H3. The molecule has 2 aromatic rings. The van der Waals surface area contributed by atoms with Crippen molar-refractivity contribution in [1.29, 1.82) is 0 Å². The second-order valence-corrected chi connectivity index (χ2v) is 7.73. The number of hydrogen-bond acceptors (Lipinski definition) is 2. The molecule has 4 rings (SSSR count). The second kappa shape index (κ2) is 5.91. The number of carbonyl (C=O) groups is 1. The van der Waals surface area contributed by atoms with E-state index in [4.69, 9.17) is 0 Å². The molecule has 0 spiro atoms. The molecule has 1 unspecified atom stereocenters. The fourth-order valence-electron chi connectivity index (χ4n) is 4.35. The molecule has 3 nitrogen and oxygen atoms in total. The van der Waals surface area contributed by atoms with Crippen LogP contribution >= 0.6 is 0 Å². The number of fused-ring (bicyclic) bond motifs is 3. The van der Waals surface area contributed by atoms with E-state index in [2.05, 4.69) is 56.0 Å². The Balaban J connectivity index is 1.84. The lowest BCUT2D eigenvalue weighted by atomic mass is 9.88. The summed E-state index contributed by atoms with van der Waals surface area (Å²) in [6.45, 7) is 7.61. The van der Waals surface area contributed by atoms with Gasteiger partial charge in [0.2, 0.25) is 0 Å². The Morgan fingerprint density at radius 3 is 2.44 bits per heavy atom. The Kier molecular flexibility index (Phi) is 3.82. The molecule has 0 saturated carbocycles. The number of anilines is 2. The molecule has 2 aromatic carbocycles. The van der Waals surface area contributed by atoms with Crippen molar-refractivity contribution in [3.05, 3.63) is 59.7 Å². The van der Waals surface area contributed by atoms with E-state index in [1.165, 1.54) is 12.0 Å². The molecule has 25 heavy (non-hydrogen) atoms. The molecule has 3 heteroatoms. The van der Waals surface area contributed by atoms with Gasteiger partial charge in [-0.05, 0) is 61.9 Å². The molecule has 2 heterocycles. The lowest BCUT2D eigenvalue weighted by Gasteiger charge is -2.55. The van der Waals surface area contributed by atoms with Gasteiger partial charge in [-0.15, -0.1) is 0 Å². The molecule has 2 aliphatic rings. The van der Waals surface area contributed by atoms with E-state index < -0.39 is 0 Å². The zero-order valence-electron chi connectivity index (χ0n) is 15.3. The van der Waals surface area contributed by atoms with Crippen LogP contribution in [0, 0.1) is 0 Å². The first-order valence-electron chi connectivity index (χ1n) is 9.33. The fourth-order valence-corrected chi connectivity index (χ4v) is 4.35. The van der Waals surface area contributed by atoms with Crippen molar-refractivity contribution in [2.45, 2.75) is 51.6 Å². The van der Waals surface area contributed by atoms with E-state index in [1.807, 2.05) is 23.1 Å². The van der Waals surface area contributed by atoms with E-state index in [0.29, 0.717) is 5.92 Å². The quantitative estimate of drug-likeness (QED) is 0.756. The van der Waals surface area contributed by atoms with Gasteiger partial charge in [0.05, 0.1) is 11.3 Å². The average molecular weight is 334 g/mol. The summed E-state index contributed by atoms with van der Waals surface area (Å²) in [5.74, 6) is 0.613. The molecule has 1 atom stereocenters. The van der Waals surface area contributed by atoms with Gasteiger partial charge in [0.25, 0.3) is 5.91 Å². The van der Waals surface area contributed by atoms with Crippen molar-refractivity contribution in [1.82, 2.24) is 0 Å². The molecule has 0 radical (unpaired) electrons. The van der Waals surface area contributed by atoms with Gasteiger partial charge >= 0.3 is 0 Å². The first kappa shape index (κ1) is 16.2. The van der Waals surface area contributed by atoms with E-state index in [-0.39, 0.29) is 11.6 Å². The highest BCUT2D eigenvalue weighted by molar-refractivity contribution is 6.13. The zero-order valence-corrected chi connectivity index (χ0v) is 15.3. The number of hydrogen-bond donors (Lipinski definition) is 0. The number of piperidine rings is 1. The van der Waals surface area contributed by atoms with Gasteiger partial charge in [0, 0.05) is 12.2 Å². The van der Waals surface area contributed by atoms with Gasteiger partial charge in [0.15, 0.2) is 0 Å². The maximum Gasteiger partial charge on any atom is 0.262 e. The van der Waals surface area contributed by atoms with E-state index >= 15 is 0 Å². The molecule has 0 aliphatic carbocycles. The minimum absolute atomic E-state index is 0.119. The van der Waals surface area contributed by atoms with E-state index in [1.54, 1.807) is 0 Å². The Bertz CT molecular complexity index is 796. The van der Waals surface area contributed by atoms with Crippen LogP contribution in [0.3, 0.4) is 0 Å². The van der Waals surface area contributed by atoms with Crippen LogP contribution in [0.15, 0.2) is 48.5 Å². The van der Waals surface area contributed by atoms with Crippen molar-refractivity contribution < 1.29 is 4.79 Å². The highest BCUT2D eigenvalue weighted by Crippen LogP contribution is 2.44. The van der Waals surface area contributed by atoms with Crippen LogP contribution in [0.25, 0.3) is 0 Å². The highest BCUT2D eigenvalue weighted by atomic mass is 16.2. The Morgan fingerprint density at radius 2 is 1.72 bits per heavy atom. The summed E-state index contributed by atoms with van der Waals surface area (Å²) < 4.78 is 0. The summed E-state index contributed by atoms with van der Waals surface area (Å²) >= 11 is 0. The molecular weight excluding hydrogens is 308 g/mol. The van der Waals surface area contributed by atoms with Crippen molar-refractivity contribution in [3.63, 3.8) is 0 Å². The second-order valence-electron chi connectivity index (χ2n) is 7.73. The summed E-state index contributed by atoms with van der Waals surface area (Å²) in [6, 6.07) is 16.6. The smallest absolute Gasteiger partial charge is 0.262 e. The lowest BCUT2D eigenvalue weighted by Crippen LogP contribution is -2.66. The van der Waals surface area contributed by atoms with Crippen molar-refractivity contribution in [2.24, 2.45) is 0 Å². The number of para-hydroxylation sites is 1. The SMILES string of the molecule is CC(C)c1ccc(N2C(=O)c3ccccc3N3CCCCC32C)cc1. The third-order valence-electron chi connectivity index (χ3n) is 5.79. The van der Waals surface area contributed by atoms with Crippen LogP contribution in [0.2, 0.25) is 0 Å². The minimum atomic E-state index is -0.289. The first-order valence-corrected chi connectivity index (χ1v) is 9.33. The van der Waals surface area contributed by atoms with Gasteiger partial charge in [0.1, 0.15) is 5.66 Å². The maximum absolute atomic E-state index is 13.4. The van der Waals surface area contributed by atoms with Gasteiger partial charge in [-0.25, -0.2) is 0 Å². The van der Waals surface area contributed by atoms with Crippen molar-refractivity contribution >= 4 is 17.3 Å². The number of carbonyl (C=O) groups excluding carboxylic acids is 1. The Morgan fingerprint density at radius 1 is 1.00 bits per heavy atom. The van der Waals surface area contributed by atoms with Crippen LogP contribution in [0.1, 0.15) is 61.9 Å². The van der Waals surface area contributed by atoms with E-state index in [9.17, 15) is 4.79 Å². The highest BCUT2D eigenvalue weighted by Gasteiger charge is 2.48. The summed E-state index contributed by atoms with van der Waals surface area (Å²) in [5.41, 5.74) is 3.92. The number of benzene rings is 2. The summed E-state index contributed by atoms with van der Waals surface area (Å²) in [5, 5.41) is 0. The van der Waals surface area contributed by atoms with Crippen LogP contribution in [0.5, 0.6) is 0 Å². The Hall–Kier alpha value is -2.29. The minimum Gasteiger partial charge on any atom is -0.348 e. The zero-order chi connectivity index (χ0) is 17.6. The average Bonchev–Trinajstić information content (AvgIpc) is 2.62. The van der Waals surface area contributed by atoms with Crippen LogP contribution in [0.4, 0.5) is 11.4 Å². The molecule has 2 aliphatic heterocycles. The number of amides is 1. The summed E-state index contributed by atoms with van der Waals surface area (Å²) in [7, 11) is 0. The lowest BCUT2D eigenvalue weighted by molar-refractivity contribution is 0.0934. The first-order chi connectivity index (χ1) is 12.0. The molecule has 130 valence electrons. The van der Waals surface area contributed by atoms with Gasteiger partial charge in [-0.1, -0.05) is 38.1 Å². The van der Waals surface area contributed by atoms with Gasteiger partial charge in [-0.3, -0.25) is 9.69 Å². The normalized spacial score (nSPS) is 22.8. The van der Waals surface area contributed by atoms with Gasteiger partial charge in [-0.2, -0.15) is 0 Å². The number of nitrogens with zero attached hydrogens (tertiary/aromatic N) is 2. The maximum atomic E-state index is 13.4. The topological polar surface area (TPSA) is 23.6 Å². The monoisotopic (exact) mass is 334 g/mol. The van der Waals surface area contributed by atoms with Crippen LogP contribution < -0.4 is 9.80 Å². The molecule has 1 amide bonds. The summed E-state index contributed by atoms with van der Waals surface area (Å²) in [4.78, 5) is 17.9. The molecule has 0 aromatic heterocycles. The van der Waals surface area contributed by atoms with Gasteiger partial charge < -0.3 is 4.90 Å². The molecule has 0 bridgehead atoms. The number of rotatable bonds is 2. The van der Waals surface area contributed by atoms with Crippen molar-refractivity contribution in [3.8, 4) is 0 Å². The summed E-state index contributed by atoms with van der Waals surface area (Å²) in [6.07, 6.45) is 3.33. The predicted octanol–water partition coefficient (Wildman–Crippen LogP) is 5.18. The van der Waals surface area contributed by atoms with E-state index in [0.717, 1.165) is 36.3 Å². The van der Waals surface area contributed by atoms with Crippen LogP contribution in [-0.2, 0) is 0 Å². The molecule has 0 N–H and O–H groups in total. The molecular formula is C22H26N2O. The third-order valence-corrected chi connectivity index (χ3v) is 5.79. The molecule has 1 saturated heterocycles. The van der Waals surface area contributed by atoms with Crippen molar-refractivity contribution in [2.75, 3.05) is 16.3 Å². The van der Waals surface area contributed by atoms with Crippen LogP contribution in [-0.4, -0.2) is 18.1 Å². The Labute approximate surface area is 150 Å². The molecule has 1 fully saturated rings. The predicted molar refractivity (Wildman–Crippen MR) is 103 cm³/mol. The fraction of sp³-hybridized carbons (Fsp3) is 0.409. The largest absolute Gasteiger partial charge is 0.348 e. The third kappa shape index (κ3) is 2.45.